The van der Waals surface area contributed by atoms with Crippen molar-refractivity contribution in [2.75, 3.05) is 6.61 Å². The van der Waals surface area contributed by atoms with E-state index in [1.165, 1.54) is 0 Å². The van der Waals surface area contributed by atoms with E-state index in [-0.39, 0.29) is 12.6 Å². The summed E-state index contributed by atoms with van der Waals surface area (Å²) < 4.78 is 1.74. The molecule has 0 saturated carbocycles. The molecular formula is C9H11N3O. The van der Waals surface area contributed by atoms with Crippen molar-refractivity contribution in [2.24, 2.45) is 5.73 Å². The fraction of sp³-hybridized carbons (Fsp3) is 0.222. The SMILES string of the molecule is N[C@@H](CO)c1cccc2ccnn12. The van der Waals surface area contributed by atoms with Crippen molar-refractivity contribution in [3.05, 3.63) is 36.2 Å². The van der Waals surface area contributed by atoms with Crippen molar-refractivity contribution in [2.45, 2.75) is 6.04 Å². The van der Waals surface area contributed by atoms with Crippen LogP contribution >= 0.6 is 0 Å². The number of nitrogens with zero attached hydrogens (tertiary/aromatic N) is 2. The first kappa shape index (κ1) is 8.22. The van der Waals surface area contributed by atoms with Crippen LogP contribution in [0.5, 0.6) is 0 Å². The molecule has 0 saturated heterocycles. The highest BCUT2D eigenvalue weighted by Crippen LogP contribution is 2.11. The number of rotatable bonds is 2. The minimum absolute atomic E-state index is 0.0705. The van der Waals surface area contributed by atoms with Gasteiger partial charge >= 0.3 is 0 Å². The third-order valence-corrected chi connectivity index (χ3v) is 2.03. The lowest BCUT2D eigenvalue weighted by Crippen LogP contribution is -2.18. The highest BCUT2D eigenvalue weighted by Gasteiger charge is 2.08. The normalized spacial score (nSPS) is 13.4. The zero-order valence-electron chi connectivity index (χ0n) is 7.09. The average molecular weight is 177 g/mol. The van der Waals surface area contributed by atoms with Gasteiger partial charge in [0.05, 0.1) is 23.9 Å². The third kappa shape index (κ3) is 1.30. The summed E-state index contributed by atoms with van der Waals surface area (Å²) in [5.74, 6) is 0. The molecular weight excluding hydrogens is 166 g/mol. The Morgan fingerprint density at radius 3 is 3.08 bits per heavy atom. The quantitative estimate of drug-likeness (QED) is 0.694. The Balaban J connectivity index is 2.60. The molecule has 0 aliphatic heterocycles. The molecule has 2 heterocycles. The molecule has 0 radical (unpaired) electrons. The van der Waals surface area contributed by atoms with E-state index >= 15 is 0 Å². The monoisotopic (exact) mass is 177 g/mol. The summed E-state index contributed by atoms with van der Waals surface area (Å²) in [4.78, 5) is 0. The van der Waals surface area contributed by atoms with Crippen molar-refractivity contribution in [1.82, 2.24) is 9.61 Å². The van der Waals surface area contributed by atoms with Crippen LogP contribution in [0.25, 0.3) is 5.52 Å². The van der Waals surface area contributed by atoms with Gasteiger partial charge in [-0.1, -0.05) is 6.07 Å². The van der Waals surface area contributed by atoms with Crippen LogP contribution < -0.4 is 5.73 Å². The first-order chi connectivity index (χ1) is 6.33. The van der Waals surface area contributed by atoms with Crippen LogP contribution in [0.4, 0.5) is 0 Å². The van der Waals surface area contributed by atoms with Crippen LogP contribution in [0, 0.1) is 0 Å². The molecule has 2 rings (SSSR count). The van der Waals surface area contributed by atoms with Crippen molar-refractivity contribution in [1.29, 1.82) is 0 Å². The molecule has 0 spiro atoms. The van der Waals surface area contributed by atoms with E-state index in [1.807, 2.05) is 24.3 Å². The minimum Gasteiger partial charge on any atom is -0.394 e. The van der Waals surface area contributed by atoms with Gasteiger partial charge < -0.3 is 10.8 Å². The molecule has 0 unspecified atom stereocenters. The lowest BCUT2D eigenvalue weighted by molar-refractivity contribution is 0.264. The fourth-order valence-corrected chi connectivity index (χ4v) is 1.35. The minimum atomic E-state index is -0.372. The van der Waals surface area contributed by atoms with Crippen molar-refractivity contribution in [3.63, 3.8) is 0 Å². The molecule has 0 aromatic carbocycles. The number of aromatic nitrogens is 2. The van der Waals surface area contributed by atoms with Gasteiger partial charge in [0.15, 0.2) is 0 Å². The summed E-state index contributed by atoms with van der Waals surface area (Å²) in [5.41, 5.74) is 7.52. The number of hydrogen-bond donors (Lipinski definition) is 2. The van der Waals surface area contributed by atoms with Crippen molar-refractivity contribution < 1.29 is 5.11 Å². The predicted octanol–water partition coefficient (Wildman–Crippen LogP) is 0.326. The van der Waals surface area contributed by atoms with Gasteiger partial charge in [0.1, 0.15) is 0 Å². The van der Waals surface area contributed by atoms with Crippen molar-refractivity contribution in [3.8, 4) is 0 Å². The first-order valence-electron chi connectivity index (χ1n) is 4.12. The van der Waals surface area contributed by atoms with Gasteiger partial charge in [0, 0.05) is 6.20 Å². The van der Waals surface area contributed by atoms with E-state index < -0.39 is 0 Å². The van der Waals surface area contributed by atoms with Crippen LogP contribution in [-0.2, 0) is 0 Å². The zero-order chi connectivity index (χ0) is 9.26. The summed E-state index contributed by atoms with van der Waals surface area (Å²) in [5, 5.41) is 13.0. The van der Waals surface area contributed by atoms with Gasteiger partial charge in [0.25, 0.3) is 0 Å². The molecule has 13 heavy (non-hydrogen) atoms. The summed E-state index contributed by atoms with van der Waals surface area (Å²) in [6, 6.07) is 7.24. The second-order valence-electron chi connectivity index (χ2n) is 2.91. The van der Waals surface area contributed by atoms with Crippen LogP contribution in [-0.4, -0.2) is 21.3 Å². The van der Waals surface area contributed by atoms with Gasteiger partial charge in [-0.25, -0.2) is 4.52 Å². The van der Waals surface area contributed by atoms with Gasteiger partial charge in [-0.05, 0) is 18.2 Å². The second-order valence-corrected chi connectivity index (χ2v) is 2.91. The predicted molar refractivity (Wildman–Crippen MR) is 49.2 cm³/mol. The maximum atomic E-state index is 8.92. The molecule has 1 atom stereocenters. The molecule has 0 aliphatic rings. The van der Waals surface area contributed by atoms with E-state index in [0.29, 0.717) is 0 Å². The lowest BCUT2D eigenvalue weighted by Gasteiger charge is -2.09. The highest BCUT2D eigenvalue weighted by atomic mass is 16.3. The summed E-state index contributed by atoms with van der Waals surface area (Å²) in [7, 11) is 0. The van der Waals surface area contributed by atoms with Gasteiger partial charge in [-0.2, -0.15) is 5.10 Å². The highest BCUT2D eigenvalue weighted by molar-refractivity contribution is 5.46. The Labute approximate surface area is 75.6 Å². The number of fused-ring (bicyclic) bond motifs is 1. The number of nitrogens with two attached hydrogens (primary N) is 1. The van der Waals surface area contributed by atoms with Crippen LogP contribution in [0.2, 0.25) is 0 Å². The zero-order valence-corrected chi connectivity index (χ0v) is 7.09. The Hall–Kier alpha value is -1.39. The standard InChI is InChI=1S/C9H11N3O/c10-8(6-13)9-3-1-2-7-4-5-11-12(7)9/h1-5,8,13H,6,10H2/t8-/m0/s1. The van der Waals surface area contributed by atoms with Crippen molar-refractivity contribution >= 4 is 5.52 Å². The molecule has 0 aliphatic carbocycles. The fourth-order valence-electron chi connectivity index (χ4n) is 1.35. The molecule has 0 fully saturated rings. The Morgan fingerprint density at radius 1 is 1.46 bits per heavy atom. The third-order valence-electron chi connectivity index (χ3n) is 2.03. The lowest BCUT2D eigenvalue weighted by atomic mass is 10.2. The van der Waals surface area contributed by atoms with E-state index in [0.717, 1.165) is 11.2 Å². The first-order valence-corrected chi connectivity index (χ1v) is 4.12. The summed E-state index contributed by atoms with van der Waals surface area (Å²) in [6.07, 6.45) is 1.71. The maximum Gasteiger partial charge on any atom is 0.0705 e. The van der Waals surface area contributed by atoms with Crippen LogP contribution in [0.15, 0.2) is 30.5 Å². The van der Waals surface area contributed by atoms with Gasteiger partial charge in [-0.15, -0.1) is 0 Å². The van der Waals surface area contributed by atoms with E-state index in [9.17, 15) is 0 Å². The number of hydrogen-bond acceptors (Lipinski definition) is 3. The molecule has 2 aromatic heterocycles. The summed E-state index contributed by atoms with van der Waals surface area (Å²) in [6.45, 7) is -0.0705. The van der Waals surface area contributed by atoms with E-state index in [1.54, 1.807) is 10.7 Å². The maximum absolute atomic E-state index is 8.92. The van der Waals surface area contributed by atoms with Crippen LogP contribution in [0.1, 0.15) is 11.7 Å². The number of aliphatic hydroxyl groups excluding tert-OH is 1. The Kier molecular flexibility index (Phi) is 2.00. The molecule has 0 amide bonds. The molecule has 4 heteroatoms. The molecule has 2 aromatic rings. The topological polar surface area (TPSA) is 63.5 Å². The molecule has 4 nitrogen and oxygen atoms in total. The molecule has 68 valence electrons. The largest absolute Gasteiger partial charge is 0.394 e. The van der Waals surface area contributed by atoms with Gasteiger partial charge in [-0.3, -0.25) is 0 Å². The smallest absolute Gasteiger partial charge is 0.0705 e. The summed E-state index contributed by atoms with van der Waals surface area (Å²) >= 11 is 0. The Bertz CT molecular complexity index is 410. The van der Waals surface area contributed by atoms with E-state index in [2.05, 4.69) is 5.10 Å². The second kappa shape index (κ2) is 3.16. The van der Waals surface area contributed by atoms with Gasteiger partial charge in [0.2, 0.25) is 0 Å². The number of aliphatic hydroxyl groups is 1. The molecule has 0 bridgehead atoms. The molecule has 3 N–H and O–H groups in total. The van der Waals surface area contributed by atoms with Crippen LogP contribution in [0.3, 0.4) is 0 Å². The van der Waals surface area contributed by atoms with E-state index in [4.69, 9.17) is 10.8 Å². The average Bonchev–Trinajstić information content (AvgIpc) is 2.63. The Morgan fingerprint density at radius 2 is 2.31 bits per heavy atom. The number of pyridine rings is 1.